The van der Waals surface area contributed by atoms with Crippen LogP contribution < -0.4 is 11.1 Å². The van der Waals surface area contributed by atoms with Gasteiger partial charge in [0.1, 0.15) is 0 Å². The zero-order valence-electron chi connectivity index (χ0n) is 9.85. The number of aliphatic hydroxyl groups excluding tert-OH is 1. The van der Waals surface area contributed by atoms with E-state index < -0.39 is 0 Å². The number of aliphatic hydroxyl groups is 1. The number of nitrogens with one attached hydrogen (secondary N) is 1. The summed E-state index contributed by atoms with van der Waals surface area (Å²) in [6, 6.07) is 7.43. The van der Waals surface area contributed by atoms with Crippen LogP contribution in [0.5, 0.6) is 0 Å². The molecule has 5 heteroatoms. The first-order chi connectivity index (χ1) is 7.67. The van der Waals surface area contributed by atoms with Gasteiger partial charge in [-0.15, -0.1) is 12.4 Å². The van der Waals surface area contributed by atoms with Gasteiger partial charge in [0.15, 0.2) is 0 Å². The summed E-state index contributed by atoms with van der Waals surface area (Å²) >= 11 is 0. The fourth-order valence-corrected chi connectivity index (χ4v) is 1.26. The second-order valence-corrected chi connectivity index (χ2v) is 3.80. The van der Waals surface area contributed by atoms with E-state index in [0.29, 0.717) is 13.0 Å². The molecule has 1 unspecified atom stereocenters. The van der Waals surface area contributed by atoms with Crippen molar-refractivity contribution in [3.63, 3.8) is 0 Å². The van der Waals surface area contributed by atoms with Crippen molar-refractivity contribution in [2.75, 3.05) is 18.5 Å². The van der Waals surface area contributed by atoms with E-state index >= 15 is 0 Å². The molecule has 0 aliphatic carbocycles. The Labute approximate surface area is 108 Å². The Morgan fingerprint density at radius 3 is 2.47 bits per heavy atom. The number of carbonyl (C=O) groups is 1. The first kappa shape index (κ1) is 15.9. The number of hydrogen-bond donors (Lipinski definition) is 3. The standard InChI is InChI=1S/C12H18N2O2.ClH/c1-9(8-13)12(16)14-11-4-2-10(3-5-11)6-7-15;/h2-5,9,15H,6-8,13H2,1H3,(H,14,16);1H. The lowest BCUT2D eigenvalue weighted by atomic mass is 10.1. The smallest absolute Gasteiger partial charge is 0.228 e. The van der Waals surface area contributed by atoms with Crippen LogP contribution in [-0.4, -0.2) is 24.2 Å². The molecule has 0 aromatic heterocycles. The summed E-state index contributed by atoms with van der Waals surface area (Å²) in [6.07, 6.45) is 0.632. The van der Waals surface area contributed by atoms with Crippen molar-refractivity contribution >= 4 is 24.0 Å². The van der Waals surface area contributed by atoms with E-state index in [1.165, 1.54) is 0 Å². The number of nitrogens with two attached hydrogens (primary N) is 1. The second-order valence-electron chi connectivity index (χ2n) is 3.80. The summed E-state index contributed by atoms with van der Waals surface area (Å²) in [7, 11) is 0. The van der Waals surface area contributed by atoms with Gasteiger partial charge < -0.3 is 16.2 Å². The van der Waals surface area contributed by atoms with Gasteiger partial charge in [-0.3, -0.25) is 4.79 Å². The van der Waals surface area contributed by atoms with Gasteiger partial charge in [0.25, 0.3) is 0 Å². The molecule has 0 fully saturated rings. The average Bonchev–Trinajstić information content (AvgIpc) is 2.31. The van der Waals surface area contributed by atoms with E-state index in [1.54, 1.807) is 6.92 Å². The van der Waals surface area contributed by atoms with Gasteiger partial charge >= 0.3 is 0 Å². The second kappa shape index (κ2) is 8.06. The third kappa shape index (κ3) is 5.17. The van der Waals surface area contributed by atoms with E-state index in [2.05, 4.69) is 5.32 Å². The first-order valence-corrected chi connectivity index (χ1v) is 5.38. The summed E-state index contributed by atoms with van der Waals surface area (Å²) in [5.41, 5.74) is 7.21. The van der Waals surface area contributed by atoms with Crippen molar-refractivity contribution in [2.24, 2.45) is 11.7 Å². The van der Waals surface area contributed by atoms with Crippen molar-refractivity contribution in [2.45, 2.75) is 13.3 Å². The van der Waals surface area contributed by atoms with Crippen molar-refractivity contribution in [1.82, 2.24) is 0 Å². The molecule has 1 aromatic rings. The summed E-state index contributed by atoms with van der Waals surface area (Å²) in [4.78, 5) is 11.5. The Hall–Kier alpha value is -1.10. The maximum absolute atomic E-state index is 11.5. The molecule has 96 valence electrons. The highest BCUT2D eigenvalue weighted by molar-refractivity contribution is 5.92. The van der Waals surface area contributed by atoms with Crippen LogP contribution in [0.1, 0.15) is 12.5 Å². The summed E-state index contributed by atoms with van der Waals surface area (Å²) in [5.74, 6) is -0.255. The van der Waals surface area contributed by atoms with E-state index in [9.17, 15) is 4.79 Å². The van der Waals surface area contributed by atoms with Crippen LogP contribution in [0.2, 0.25) is 0 Å². The van der Waals surface area contributed by atoms with E-state index in [-0.39, 0.29) is 30.8 Å². The van der Waals surface area contributed by atoms with Gasteiger partial charge in [-0.1, -0.05) is 19.1 Å². The minimum atomic E-state index is -0.183. The lowest BCUT2D eigenvalue weighted by Crippen LogP contribution is -2.26. The molecule has 4 nitrogen and oxygen atoms in total. The normalized spacial score (nSPS) is 11.5. The van der Waals surface area contributed by atoms with Crippen LogP contribution in [-0.2, 0) is 11.2 Å². The van der Waals surface area contributed by atoms with E-state index in [1.807, 2.05) is 24.3 Å². The topological polar surface area (TPSA) is 75.4 Å². The van der Waals surface area contributed by atoms with Crippen LogP contribution in [0, 0.1) is 5.92 Å². The van der Waals surface area contributed by atoms with Crippen molar-refractivity contribution in [1.29, 1.82) is 0 Å². The Kier molecular flexibility index (Phi) is 7.54. The third-order valence-electron chi connectivity index (χ3n) is 2.42. The molecule has 0 radical (unpaired) electrons. The summed E-state index contributed by atoms with van der Waals surface area (Å²) in [6.45, 7) is 2.26. The largest absolute Gasteiger partial charge is 0.396 e. The lowest BCUT2D eigenvalue weighted by molar-refractivity contribution is -0.119. The molecule has 4 N–H and O–H groups in total. The minimum Gasteiger partial charge on any atom is -0.396 e. The fraction of sp³-hybridized carbons (Fsp3) is 0.417. The van der Waals surface area contributed by atoms with Gasteiger partial charge in [-0.2, -0.15) is 0 Å². The molecule has 0 aliphatic rings. The molecule has 1 atom stereocenters. The molecule has 0 heterocycles. The van der Waals surface area contributed by atoms with Crippen molar-refractivity contribution in [3.05, 3.63) is 29.8 Å². The Bertz CT molecular complexity index is 341. The van der Waals surface area contributed by atoms with Crippen LogP contribution in [0.3, 0.4) is 0 Å². The molecule has 0 saturated heterocycles. The molecule has 0 aliphatic heterocycles. The van der Waals surface area contributed by atoms with Crippen LogP contribution >= 0.6 is 12.4 Å². The highest BCUT2D eigenvalue weighted by Crippen LogP contribution is 2.11. The Balaban J connectivity index is 0.00000256. The summed E-state index contributed by atoms with van der Waals surface area (Å²) in [5, 5.41) is 11.5. The number of benzene rings is 1. The molecular formula is C12H19ClN2O2. The van der Waals surface area contributed by atoms with Crippen LogP contribution in [0.4, 0.5) is 5.69 Å². The SMILES string of the molecule is CC(CN)C(=O)Nc1ccc(CCO)cc1.Cl. The summed E-state index contributed by atoms with van der Waals surface area (Å²) < 4.78 is 0. The predicted octanol–water partition coefficient (Wildman–Crippen LogP) is 1.18. The average molecular weight is 259 g/mol. The number of carbonyl (C=O) groups excluding carboxylic acids is 1. The van der Waals surface area contributed by atoms with Gasteiger partial charge in [0, 0.05) is 24.8 Å². The molecule has 1 rings (SSSR count). The first-order valence-electron chi connectivity index (χ1n) is 5.38. The molecule has 0 bridgehead atoms. The molecule has 17 heavy (non-hydrogen) atoms. The van der Waals surface area contributed by atoms with Gasteiger partial charge in [0.05, 0.1) is 0 Å². The molecular weight excluding hydrogens is 240 g/mol. The maximum Gasteiger partial charge on any atom is 0.228 e. The van der Waals surface area contributed by atoms with Crippen molar-refractivity contribution in [3.8, 4) is 0 Å². The zero-order chi connectivity index (χ0) is 12.0. The van der Waals surface area contributed by atoms with Gasteiger partial charge in [-0.25, -0.2) is 0 Å². The van der Waals surface area contributed by atoms with E-state index in [4.69, 9.17) is 10.8 Å². The number of amides is 1. The molecule has 0 spiro atoms. The quantitative estimate of drug-likeness (QED) is 0.742. The van der Waals surface area contributed by atoms with Crippen LogP contribution in [0.25, 0.3) is 0 Å². The number of rotatable bonds is 5. The zero-order valence-corrected chi connectivity index (χ0v) is 10.7. The Morgan fingerprint density at radius 2 is 2.00 bits per heavy atom. The fourth-order valence-electron chi connectivity index (χ4n) is 1.26. The number of hydrogen-bond acceptors (Lipinski definition) is 3. The predicted molar refractivity (Wildman–Crippen MR) is 71.3 cm³/mol. The highest BCUT2D eigenvalue weighted by Gasteiger charge is 2.10. The lowest BCUT2D eigenvalue weighted by Gasteiger charge is -2.10. The van der Waals surface area contributed by atoms with Gasteiger partial charge in [0.2, 0.25) is 5.91 Å². The maximum atomic E-state index is 11.5. The Morgan fingerprint density at radius 1 is 1.41 bits per heavy atom. The van der Waals surface area contributed by atoms with E-state index in [0.717, 1.165) is 11.3 Å². The number of halogens is 1. The van der Waals surface area contributed by atoms with Crippen molar-refractivity contribution < 1.29 is 9.90 Å². The number of anilines is 1. The third-order valence-corrected chi connectivity index (χ3v) is 2.42. The highest BCUT2D eigenvalue weighted by atomic mass is 35.5. The molecule has 1 aromatic carbocycles. The molecule has 0 saturated carbocycles. The van der Waals surface area contributed by atoms with Crippen LogP contribution in [0.15, 0.2) is 24.3 Å². The van der Waals surface area contributed by atoms with Gasteiger partial charge in [-0.05, 0) is 24.1 Å². The monoisotopic (exact) mass is 258 g/mol. The minimum absolute atomic E-state index is 0. The molecule has 1 amide bonds.